The van der Waals surface area contributed by atoms with Crippen molar-refractivity contribution in [3.8, 4) is 22.3 Å². The van der Waals surface area contributed by atoms with E-state index in [0.29, 0.717) is 5.92 Å². The Labute approximate surface area is 152 Å². The summed E-state index contributed by atoms with van der Waals surface area (Å²) in [5, 5.41) is 0. The minimum absolute atomic E-state index is 0.640. The van der Waals surface area contributed by atoms with Crippen LogP contribution < -0.4 is 0 Å². The molecule has 0 saturated heterocycles. The van der Waals surface area contributed by atoms with E-state index in [-0.39, 0.29) is 0 Å². The van der Waals surface area contributed by atoms with Gasteiger partial charge < -0.3 is 0 Å². The zero-order chi connectivity index (χ0) is 16.2. The fourth-order valence-electron chi connectivity index (χ4n) is 3.05. The number of halogens is 1. The summed E-state index contributed by atoms with van der Waals surface area (Å²) in [4.78, 5) is 0. The summed E-state index contributed by atoms with van der Waals surface area (Å²) in [7, 11) is 0. The summed E-state index contributed by atoms with van der Waals surface area (Å²) < 4.78 is 1.31. The molecule has 0 bridgehead atoms. The first-order valence-electron chi connectivity index (χ1n) is 8.09. The summed E-state index contributed by atoms with van der Waals surface area (Å²) in [5.74, 6) is 0.640. The van der Waals surface area contributed by atoms with E-state index >= 15 is 0 Å². The smallest absolute Gasteiger partial charge is 0.0215 e. The first-order valence-corrected chi connectivity index (χ1v) is 9.17. The second-order valence-electron chi connectivity index (χ2n) is 6.29. The van der Waals surface area contributed by atoms with Crippen LogP contribution in [0.1, 0.15) is 19.4 Å². The molecule has 0 aromatic heterocycles. The van der Waals surface area contributed by atoms with Crippen LogP contribution in [0.5, 0.6) is 0 Å². The largest absolute Gasteiger partial charge is 0.0625 e. The van der Waals surface area contributed by atoms with Crippen LogP contribution in [0.2, 0.25) is 0 Å². The lowest BCUT2D eigenvalue weighted by molar-refractivity contribution is 0.648. The molecule has 0 nitrogen and oxygen atoms in total. The maximum absolute atomic E-state index is 2.47. The molecular formula is C22H21I. The Morgan fingerprint density at radius 3 is 1.74 bits per heavy atom. The van der Waals surface area contributed by atoms with Crippen LogP contribution in [0.4, 0.5) is 0 Å². The lowest BCUT2D eigenvalue weighted by Gasteiger charge is -2.19. The fourth-order valence-corrected chi connectivity index (χ4v) is 3.81. The van der Waals surface area contributed by atoms with Gasteiger partial charge in [0, 0.05) is 9.13 Å². The van der Waals surface area contributed by atoms with Crippen LogP contribution in [-0.2, 0) is 6.42 Å². The van der Waals surface area contributed by atoms with Gasteiger partial charge in [-0.3, -0.25) is 0 Å². The number of hydrogen-bond acceptors (Lipinski definition) is 0. The van der Waals surface area contributed by atoms with Gasteiger partial charge in [-0.2, -0.15) is 0 Å². The van der Waals surface area contributed by atoms with E-state index in [4.69, 9.17) is 0 Å². The molecule has 0 N–H and O–H groups in total. The van der Waals surface area contributed by atoms with E-state index in [0.717, 1.165) is 6.42 Å². The van der Waals surface area contributed by atoms with E-state index in [1.54, 1.807) is 0 Å². The summed E-state index contributed by atoms with van der Waals surface area (Å²) >= 11 is 2.47. The second kappa shape index (κ2) is 7.31. The minimum Gasteiger partial charge on any atom is -0.0625 e. The molecule has 0 unspecified atom stereocenters. The predicted molar refractivity (Wildman–Crippen MR) is 109 cm³/mol. The molecule has 0 heterocycles. The zero-order valence-electron chi connectivity index (χ0n) is 13.6. The van der Waals surface area contributed by atoms with Crippen molar-refractivity contribution >= 4 is 22.6 Å². The average Bonchev–Trinajstić information content (AvgIpc) is 2.57. The maximum atomic E-state index is 2.47. The molecule has 0 aliphatic carbocycles. The van der Waals surface area contributed by atoms with Gasteiger partial charge in [-0.25, -0.2) is 0 Å². The van der Waals surface area contributed by atoms with Crippen LogP contribution in [-0.4, -0.2) is 0 Å². The Hall–Kier alpha value is -1.61. The highest BCUT2D eigenvalue weighted by Crippen LogP contribution is 2.39. The Balaban J connectivity index is 2.29. The van der Waals surface area contributed by atoms with E-state index in [1.165, 1.54) is 31.4 Å². The van der Waals surface area contributed by atoms with Crippen LogP contribution in [0.15, 0.2) is 72.8 Å². The zero-order valence-corrected chi connectivity index (χ0v) is 15.7. The monoisotopic (exact) mass is 412 g/mol. The second-order valence-corrected chi connectivity index (χ2v) is 7.45. The molecular weight excluding hydrogens is 391 g/mol. The van der Waals surface area contributed by atoms with Gasteiger partial charge in [-0.1, -0.05) is 80.6 Å². The first-order chi connectivity index (χ1) is 11.2. The Morgan fingerprint density at radius 2 is 1.22 bits per heavy atom. The fraction of sp³-hybridized carbons (Fsp3) is 0.182. The first kappa shape index (κ1) is 16.3. The number of rotatable bonds is 4. The van der Waals surface area contributed by atoms with Crippen molar-refractivity contribution in [2.75, 3.05) is 0 Å². The van der Waals surface area contributed by atoms with Gasteiger partial charge in [0.1, 0.15) is 0 Å². The maximum Gasteiger partial charge on any atom is 0.0215 e. The lowest BCUT2D eigenvalue weighted by atomic mass is 9.87. The molecule has 0 radical (unpaired) electrons. The van der Waals surface area contributed by atoms with Crippen LogP contribution in [0, 0.1) is 9.49 Å². The van der Waals surface area contributed by atoms with Gasteiger partial charge in [-0.05, 0) is 63.2 Å². The van der Waals surface area contributed by atoms with Crippen LogP contribution >= 0.6 is 22.6 Å². The van der Waals surface area contributed by atoms with Crippen molar-refractivity contribution in [1.29, 1.82) is 0 Å². The third kappa shape index (κ3) is 3.66. The SMILES string of the molecule is CC(C)Cc1ccc(I)c(-c2ccccc2)c1-c1ccccc1. The minimum atomic E-state index is 0.640. The standard InChI is InChI=1S/C22H21I/c1-16(2)15-19-13-14-20(23)22(18-11-7-4-8-12-18)21(19)17-9-5-3-6-10-17/h3-14,16H,15H2,1-2H3. The molecule has 0 amide bonds. The van der Waals surface area contributed by atoms with E-state index < -0.39 is 0 Å². The van der Waals surface area contributed by atoms with Crippen molar-refractivity contribution in [3.63, 3.8) is 0 Å². The third-order valence-corrected chi connectivity index (χ3v) is 4.89. The van der Waals surface area contributed by atoms with Crippen molar-refractivity contribution in [2.45, 2.75) is 20.3 Å². The van der Waals surface area contributed by atoms with Gasteiger partial charge in [0.05, 0.1) is 0 Å². The molecule has 0 fully saturated rings. The van der Waals surface area contributed by atoms with Gasteiger partial charge in [0.15, 0.2) is 0 Å². The molecule has 3 rings (SSSR count). The van der Waals surface area contributed by atoms with E-state index in [1.807, 2.05) is 0 Å². The van der Waals surface area contributed by atoms with Gasteiger partial charge in [-0.15, -0.1) is 0 Å². The summed E-state index contributed by atoms with van der Waals surface area (Å²) in [6.45, 7) is 4.57. The van der Waals surface area contributed by atoms with Crippen molar-refractivity contribution < 1.29 is 0 Å². The van der Waals surface area contributed by atoms with E-state index in [9.17, 15) is 0 Å². The summed E-state index contributed by atoms with van der Waals surface area (Å²) in [6, 6.07) is 26.1. The number of benzene rings is 3. The highest BCUT2D eigenvalue weighted by molar-refractivity contribution is 14.1. The third-order valence-electron chi connectivity index (χ3n) is 3.99. The molecule has 0 saturated carbocycles. The molecule has 0 aliphatic rings. The topological polar surface area (TPSA) is 0 Å². The van der Waals surface area contributed by atoms with Crippen LogP contribution in [0.25, 0.3) is 22.3 Å². The lowest BCUT2D eigenvalue weighted by Crippen LogP contribution is -2.00. The van der Waals surface area contributed by atoms with Crippen molar-refractivity contribution in [3.05, 3.63) is 81.9 Å². The molecule has 23 heavy (non-hydrogen) atoms. The van der Waals surface area contributed by atoms with Gasteiger partial charge >= 0.3 is 0 Å². The summed E-state index contributed by atoms with van der Waals surface area (Å²) in [6.07, 6.45) is 1.10. The Morgan fingerprint density at radius 1 is 0.696 bits per heavy atom. The van der Waals surface area contributed by atoms with Crippen LogP contribution in [0.3, 0.4) is 0 Å². The molecule has 116 valence electrons. The van der Waals surface area contributed by atoms with Crippen molar-refractivity contribution in [2.24, 2.45) is 5.92 Å². The molecule has 0 atom stereocenters. The van der Waals surface area contributed by atoms with Gasteiger partial charge in [0.25, 0.3) is 0 Å². The van der Waals surface area contributed by atoms with Gasteiger partial charge in [0.2, 0.25) is 0 Å². The Bertz CT molecular complexity index is 774. The number of hydrogen-bond donors (Lipinski definition) is 0. The Kier molecular flexibility index (Phi) is 5.16. The molecule has 3 aromatic rings. The van der Waals surface area contributed by atoms with Crippen molar-refractivity contribution in [1.82, 2.24) is 0 Å². The highest BCUT2D eigenvalue weighted by Gasteiger charge is 2.16. The predicted octanol–water partition coefficient (Wildman–Crippen LogP) is 6.82. The normalized spacial score (nSPS) is 11.0. The average molecular weight is 412 g/mol. The van der Waals surface area contributed by atoms with E-state index in [2.05, 4.69) is 109 Å². The molecule has 0 aliphatic heterocycles. The summed E-state index contributed by atoms with van der Waals surface area (Å²) in [5.41, 5.74) is 6.78. The molecule has 3 aromatic carbocycles. The quantitative estimate of drug-likeness (QED) is 0.413. The molecule has 1 heteroatoms. The highest BCUT2D eigenvalue weighted by atomic mass is 127. The molecule has 0 spiro atoms.